The van der Waals surface area contributed by atoms with Crippen LogP contribution in [0.15, 0.2) is 35.6 Å². The molecule has 0 aromatic carbocycles. The zero-order valence-corrected chi connectivity index (χ0v) is 13.9. The van der Waals surface area contributed by atoms with Crippen molar-refractivity contribution in [2.45, 2.75) is 26.4 Å². The maximum Gasteiger partial charge on any atom is 0.213 e. The molecule has 0 bridgehead atoms. The fourth-order valence-corrected chi connectivity index (χ4v) is 1.96. The molecule has 2 aromatic heterocycles. The second kappa shape index (κ2) is 8.77. The van der Waals surface area contributed by atoms with Gasteiger partial charge in [0.2, 0.25) is 5.88 Å². The lowest BCUT2D eigenvalue weighted by Crippen LogP contribution is -2.36. The molecule has 0 saturated heterocycles. The highest BCUT2D eigenvalue weighted by molar-refractivity contribution is 5.79. The van der Waals surface area contributed by atoms with E-state index in [9.17, 15) is 0 Å². The molecule has 0 aliphatic rings. The van der Waals surface area contributed by atoms with Crippen molar-refractivity contribution < 1.29 is 4.74 Å². The SMILES string of the molecule is CCCOc1ccc(CNC(=NC)NCc2ccnn2C)cn1. The molecule has 2 heterocycles. The Balaban J connectivity index is 1.80. The number of aryl methyl sites for hydroxylation is 1. The van der Waals surface area contributed by atoms with Gasteiger partial charge in [0.1, 0.15) is 0 Å². The van der Waals surface area contributed by atoms with Gasteiger partial charge in [0, 0.05) is 39.1 Å². The lowest BCUT2D eigenvalue weighted by Gasteiger charge is -2.12. The van der Waals surface area contributed by atoms with E-state index in [-0.39, 0.29) is 0 Å². The van der Waals surface area contributed by atoms with E-state index in [2.05, 4.69) is 32.6 Å². The van der Waals surface area contributed by atoms with Crippen molar-refractivity contribution in [3.8, 4) is 5.88 Å². The molecule has 0 spiro atoms. The summed E-state index contributed by atoms with van der Waals surface area (Å²) >= 11 is 0. The van der Waals surface area contributed by atoms with Crippen LogP contribution in [0, 0.1) is 0 Å². The van der Waals surface area contributed by atoms with E-state index in [1.54, 1.807) is 13.2 Å². The van der Waals surface area contributed by atoms with Gasteiger partial charge in [0.15, 0.2) is 5.96 Å². The largest absolute Gasteiger partial charge is 0.478 e. The zero-order chi connectivity index (χ0) is 16.5. The van der Waals surface area contributed by atoms with E-state index >= 15 is 0 Å². The zero-order valence-electron chi connectivity index (χ0n) is 13.9. The van der Waals surface area contributed by atoms with Crippen molar-refractivity contribution in [1.82, 2.24) is 25.4 Å². The van der Waals surface area contributed by atoms with E-state index in [1.165, 1.54) is 0 Å². The van der Waals surface area contributed by atoms with Gasteiger partial charge < -0.3 is 15.4 Å². The first-order valence-corrected chi connectivity index (χ1v) is 7.72. The summed E-state index contributed by atoms with van der Waals surface area (Å²) < 4.78 is 7.30. The maximum absolute atomic E-state index is 5.47. The van der Waals surface area contributed by atoms with Crippen LogP contribution in [-0.2, 0) is 20.1 Å². The molecule has 0 saturated carbocycles. The Hall–Kier alpha value is -2.57. The Morgan fingerprint density at radius 3 is 2.70 bits per heavy atom. The summed E-state index contributed by atoms with van der Waals surface area (Å²) in [5.41, 5.74) is 2.16. The topological polar surface area (TPSA) is 76.4 Å². The fourth-order valence-electron chi connectivity index (χ4n) is 1.96. The third-order valence-electron chi connectivity index (χ3n) is 3.29. The van der Waals surface area contributed by atoms with E-state index in [4.69, 9.17) is 4.74 Å². The van der Waals surface area contributed by atoms with E-state index in [0.717, 1.165) is 23.6 Å². The van der Waals surface area contributed by atoms with Crippen LogP contribution in [-0.4, -0.2) is 34.4 Å². The molecule has 0 fully saturated rings. The average molecular weight is 316 g/mol. The number of guanidine groups is 1. The van der Waals surface area contributed by atoms with Gasteiger partial charge in [-0.2, -0.15) is 5.10 Å². The van der Waals surface area contributed by atoms with Gasteiger partial charge in [-0.05, 0) is 18.1 Å². The maximum atomic E-state index is 5.47. The minimum atomic E-state index is 0.645. The molecular formula is C16H24N6O. The number of pyridine rings is 1. The van der Waals surface area contributed by atoms with Crippen molar-refractivity contribution >= 4 is 5.96 Å². The highest BCUT2D eigenvalue weighted by atomic mass is 16.5. The summed E-state index contributed by atoms with van der Waals surface area (Å²) in [4.78, 5) is 8.49. The fraction of sp³-hybridized carbons (Fsp3) is 0.438. The minimum absolute atomic E-state index is 0.645. The van der Waals surface area contributed by atoms with Crippen LogP contribution in [0.3, 0.4) is 0 Å². The number of aromatic nitrogens is 3. The summed E-state index contributed by atoms with van der Waals surface area (Å²) in [6.45, 7) is 4.07. The van der Waals surface area contributed by atoms with Crippen molar-refractivity contribution in [2.75, 3.05) is 13.7 Å². The predicted molar refractivity (Wildman–Crippen MR) is 90.3 cm³/mol. The van der Waals surface area contributed by atoms with Crippen LogP contribution in [0.4, 0.5) is 0 Å². The molecule has 0 aliphatic heterocycles. The van der Waals surface area contributed by atoms with Gasteiger partial charge in [-0.25, -0.2) is 4.98 Å². The summed E-state index contributed by atoms with van der Waals surface area (Å²) in [5.74, 6) is 1.40. The van der Waals surface area contributed by atoms with Gasteiger partial charge >= 0.3 is 0 Å². The van der Waals surface area contributed by atoms with Crippen LogP contribution >= 0.6 is 0 Å². The molecule has 2 aromatic rings. The number of nitrogens with one attached hydrogen (secondary N) is 2. The molecule has 0 amide bonds. The smallest absolute Gasteiger partial charge is 0.213 e. The first-order chi connectivity index (χ1) is 11.2. The average Bonchev–Trinajstić information content (AvgIpc) is 2.99. The first-order valence-electron chi connectivity index (χ1n) is 7.72. The second-order valence-corrected chi connectivity index (χ2v) is 5.08. The Kier molecular flexibility index (Phi) is 6.40. The van der Waals surface area contributed by atoms with Crippen molar-refractivity contribution in [3.05, 3.63) is 41.9 Å². The van der Waals surface area contributed by atoms with Gasteiger partial charge in [-0.1, -0.05) is 13.0 Å². The standard InChI is InChI=1S/C16H24N6O/c1-4-9-23-15-6-5-13(10-18-15)11-19-16(17-2)20-12-14-7-8-21-22(14)3/h5-8,10H,4,9,11-12H2,1-3H3,(H2,17,19,20). The summed E-state index contributed by atoms with van der Waals surface area (Å²) in [5, 5.41) is 10.7. The summed E-state index contributed by atoms with van der Waals surface area (Å²) in [6.07, 6.45) is 4.57. The monoisotopic (exact) mass is 316 g/mol. The van der Waals surface area contributed by atoms with Crippen molar-refractivity contribution in [3.63, 3.8) is 0 Å². The molecule has 7 nitrogen and oxygen atoms in total. The van der Waals surface area contributed by atoms with Crippen LogP contribution < -0.4 is 15.4 Å². The van der Waals surface area contributed by atoms with E-state index in [0.29, 0.717) is 25.6 Å². The first kappa shape index (κ1) is 16.8. The molecular weight excluding hydrogens is 292 g/mol. The van der Waals surface area contributed by atoms with Crippen LogP contribution in [0.2, 0.25) is 0 Å². The van der Waals surface area contributed by atoms with Crippen LogP contribution in [0.5, 0.6) is 5.88 Å². The highest BCUT2D eigenvalue weighted by Crippen LogP contribution is 2.07. The van der Waals surface area contributed by atoms with Gasteiger partial charge in [0.25, 0.3) is 0 Å². The molecule has 2 rings (SSSR count). The lowest BCUT2D eigenvalue weighted by atomic mass is 10.3. The van der Waals surface area contributed by atoms with Gasteiger partial charge in [-0.3, -0.25) is 9.67 Å². The van der Waals surface area contributed by atoms with Crippen molar-refractivity contribution in [2.24, 2.45) is 12.0 Å². The van der Waals surface area contributed by atoms with Gasteiger partial charge in [0.05, 0.1) is 18.8 Å². The third-order valence-corrected chi connectivity index (χ3v) is 3.29. The molecule has 0 radical (unpaired) electrons. The normalized spacial score (nSPS) is 11.3. The Labute approximate surface area is 136 Å². The lowest BCUT2D eigenvalue weighted by molar-refractivity contribution is 0.305. The quantitative estimate of drug-likeness (QED) is 0.597. The third kappa shape index (κ3) is 5.28. The van der Waals surface area contributed by atoms with Crippen molar-refractivity contribution in [1.29, 1.82) is 0 Å². The Morgan fingerprint density at radius 2 is 2.09 bits per heavy atom. The number of rotatable bonds is 7. The molecule has 0 aliphatic carbocycles. The number of ether oxygens (including phenoxy) is 1. The van der Waals surface area contributed by atoms with E-state index < -0.39 is 0 Å². The predicted octanol–water partition coefficient (Wildman–Crippen LogP) is 1.47. The molecule has 2 N–H and O–H groups in total. The minimum Gasteiger partial charge on any atom is -0.478 e. The second-order valence-electron chi connectivity index (χ2n) is 5.08. The van der Waals surface area contributed by atoms with Gasteiger partial charge in [-0.15, -0.1) is 0 Å². The molecule has 0 unspecified atom stereocenters. The van der Waals surface area contributed by atoms with Crippen LogP contribution in [0.1, 0.15) is 24.6 Å². The molecule has 23 heavy (non-hydrogen) atoms. The number of aliphatic imine (C=N–C) groups is 1. The Bertz CT molecular complexity index is 620. The Morgan fingerprint density at radius 1 is 1.26 bits per heavy atom. The molecule has 7 heteroatoms. The number of nitrogens with zero attached hydrogens (tertiary/aromatic N) is 4. The molecule has 0 atom stereocenters. The highest BCUT2D eigenvalue weighted by Gasteiger charge is 2.02. The molecule has 124 valence electrons. The number of hydrogen-bond acceptors (Lipinski definition) is 4. The van der Waals surface area contributed by atoms with E-state index in [1.807, 2.05) is 36.1 Å². The summed E-state index contributed by atoms with van der Waals surface area (Å²) in [6, 6.07) is 5.86. The van der Waals surface area contributed by atoms with Crippen LogP contribution in [0.25, 0.3) is 0 Å². The summed E-state index contributed by atoms with van der Waals surface area (Å²) in [7, 11) is 3.67. The number of hydrogen-bond donors (Lipinski definition) is 2.